The van der Waals surface area contributed by atoms with Gasteiger partial charge in [-0.2, -0.15) is 0 Å². The molecule has 0 spiro atoms. The van der Waals surface area contributed by atoms with Crippen LogP contribution in [0.4, 0.5) is 0 Å². The maximum absolute atomic E-state index is 13.9. The van der Waals surface area contributed by atoms with Crippen molar-refractivity contribution in [2.24, 2.45) is 5.16 Å². The van der Waals surface area contributed by atoms with Crippen LogP contribution in [0.25, 0.3) is 27.4 Å². The number of rotatable bonds is 9. The van der Waals surface area contributed by atoms with Gasteiger partial charge in [-0.05, 0) is 110 Å². The predicted octanol–water partition coefficient (Wildman–Crippen LogP) is 9.66. The highest BCUT2D eigenvalue weighted by atomic mass is 35.5. The Morgan fingerprint density at radius 3 is 2.18 bits per heavy atom. The molecule has 1 heterocycles. The molecule has 1 aliphatic carbocycles. The summed E-state index contributed by atoms with van der Waals surface area (Å²) in [6.45, 7) is 6.38. The molecule has 5 aromatic rings. The lowest BCUT2D eigenvalue weighted by molar-refractivity contribution is -0.140. The largest absolute Gasteiger partial charge is 0.341 e. The number of halogens is 1. The summed E-state index contributed by atoms with van der Waals surface area (Å²) in [5.74, 6) is -0.619. The molecule has 0 atom stereocenters. The van der Waals surface area contributed by atoms with Crippen molar-refractivity contribution >= 4 is 68.2 Å². The van der Waals surface area contributed by atoms with Gasteiger partial charge in [-0.1, -0.05) is 52.7 Å². The number of ketones is 1. The van der Waals surface area contributed by atoms with E-state index in [9.17, 15) is 9.59 Å². The van der Waals surface area contributed by atoms with Crippen LogP contribution in [-0.2, 0) is 16.2 Å². The number of thioether (sulfide) groups is 1. The van der Waals surface area contributed by atoms with E-state index >= 15 is 0 Å². The molecule has 1 saturated carbocycles. The van der Waals surface area contributed by atoms with Gasteiger partial charge in [0.15, 0.2) is 0 Å². The van der Waals surface area contributed by atoms with Gasteiger partial charge in [0.2, 0.25) is 5.78 Å². The van der Waals surface area contributed by atoms with Crippen molar-refractivity contribution in [2.75, 3.05) is 5.75 Å². The van der Waals surface area contributed by atoms with Crippen LogP contribution >= 0.6 is 23.4 Å². The van der Waals surface area contributed by atoms with E-state index in [4.69, 9.17) is 16.4 Å². The summed E-state index contributed by atoms with van der Waals surface area (Å²) in [5.41, 5.74) is 9.43. The van der Waals surface area contributed by atoms with Gasteiger partial charge in [0, 0.05) is 56.5 Å². The van der Waals surface area contributed by atoms with E-state index in [0.717, 1.165) is 46.1 Å². The maximum Gasteiger partial charge on any atom is 0.331 e. The fourth-order valence-electron chi connectivity index (χ4n) is 5.85. The Balaban J connectivity index is 1.43. The van der Waals surface area contributed by atoms with Crippen LogP contribution in [-0.4, -0.2) is 27.8 Å². The van der Waals surface area contributed by atoms with Crippen molar-refractivity contribution < 1.29 is 14.4 Å². The van der Waals surface area contributed by atoms with Gasteiger partial charge < -0.3 is 9.40 Å². The lowest BCUT2D eigenvalue weighted by Crippen LogP contribution is -2.18. The van der Waals surface area contributed by atoms with E-state index in [-0.39, 0.29) is 17.2 Å². The normalized spacial score (nSPS) is 13.3. The van der Waals surface area contributed by atoms with Crippen molar-refractivity contribution in [3.63, 3.8) is 0 Å². The standard InChI is InChI=1S/C37H33ClN2O3S/c1-4-40-34-18-12-26(36(25-9-7-10-25)30-11-6-5-8-23(30)2)20-31(34)32-21-27(13-19-35(32)40)37(42)33(39-43-24(3)41)22-44-29-16-14-28(38)15-17-29/h5-6,8,11-21H,4,7,9-10,22H2,1-3H3/b39-33+. The summed E-state index contributed by atoms with van der Waals surface area (Å²) in [7, 11) is 0. The molecule has 1 aliphatic rings. The van der Waals surface area contributed by atoms with Crippen LogP contribution in [0, 0.1) is 6.92 Å². The van der Waals surface area contributed by atoms with Crippen LogP contribution in [0.2, 0.25) is 5.02 Å². The van der Waals surface area contributed by atoms with Crippen molar-refractivity contribution in [3.8, 4) is 0 Å². The summed E-state index contributed by atoms with van der Waals surface area (Å²) < 4.78 is 2.29. The SMILES string of the molecule is CCn1c2ccc(C(=O)/C(CSc3ccc(Cl)cc3)=N/OC(C)=O)cc2c2cc(C(=C3CCC3)c3ccccc3C)ccc21. The molecule has 0 unspecified atom stereocenters. The number of oxime groups is 1. The fraction of sp³-hybridized carbons (Fsp3) is 0.216. The third-order valence-electron chi connectivity index (χ3n) is 8.19. The molecular weight excluding hydrogens is 588 g/mol. The smallest absolute Gasteiger partial charge is 0.331 e. The van der Waals surface area contributed by atoms with Crippen LogP contribution in [0.1, 0.15) is 60.2 Å². The number of benzene rings is 4. The minimum absolute atomic E-state index is 0.163. The Morgan fingerprint density at radius 2 is 1.57 bits per heavy atom. The quantitative estimate of drug-likeness (QED) is 0.0541. The first-order valence-corrected chi connectivity index (χ1v) is 16.2. The van der Waals surface area contributed by atoms with E-state index in [0.29, 0.717) is 10.6 Å². The lowest BCUT2D eigenvalue weighted by Gasteiger charge is -2.24. The van der Waals surface area contributed by atoms with Crippen LogP contribution in [0.15, 0.2) is 101 Å². The monoisotopic (exact) mass is 620 g/mol. The van der Waals surface area contributed by atoms with Gasteiger partial charge in [0.1, 0.15) is 5.71 Å². The number of aryl methyl sites for hydroxylation is 2. The summed E-state index contributed by atoms with van der Waals surface area (Å²) in [4.78, 5) is 31.3. The van der Waals surface area contributed by atoms with Gasteiger partial charge in [-0.25, -0.2) is 4.79 Å². The van der Waals surface area contributed by atoms with Crippen LogP contribution in [0.3, 0.4) is 0 Å². The third-order valence-corrected chi connectivity index (χ3v) is 9.47. The summed E-state index contributed by atoms with van der Waals surface area (Å²) in [6.07, 6.45) is 3.46. The van der Waals surface area contributed by atoms with Gasteiger partial charge in [0.25, 0.3) is 0 Å². The summed E-state index contributed by atoms with van der Waals surface area (Å²) in [6, 6.07) is 28.5. The number of hydrogen-bond acceptors (Lipinski definition) is 5. The topological polar surface area (TPSA) is 60.7 Å². The van der Waals surface area contributed by atoms with Crippen molar-refractivity contribution in [1.82, 2.24) is 4.57 Å². The number of Topliss-reactive ketones (excluding diaryl/α,β-unsaturated/α-hetero) is 1. The molecule has 0 N–H and O–H groups in total. The number of nitrogens with zero attached hydrogens (tertiary/aromatic N) is 2. The molecule has 6 rings (SSSR count). The van der Waals surface area contributed by atoms with Gasteiger partial charge in [-0.15, -0.1) is 11.8 Å². The van der Waals surface area contributed by atoms with Crippen molar-refractivity contribution in [1.29, 1.82) is 0 Å². The highest BCUT2D eigenvalue weighted by Gasteiger charge is 2.22. The van der Waals surface area contributed by atoms with E-state index in [1.54, 1.807) is 12.1 Å². The lowest BCUT2D eigenvalue weighted by atomic mass is 9.81. The molecule has 0 radical (unpaired) electrons. The third kappa shape index (κ3) is 5.97. The first kappa shape index (κ1) is 29.9. The molecule has 0 amide bonds. The molecule has 0 saturated heterocycles. The number of aromatic nitrogens is 1. The first-order chi connectivity index (χ1) is 21.3. The molecule has 44 heavy (non-hydrogen) atoms. The molecule has 1 fully saturated rings. The van der Waals surface area contributed by atoms with Crippen LogP contribution in [0.5, 0.6) is 0 Å². The Bertz CT molecular complexity index is 1960. The second-order valence-electron chi connectivity index (χ2n) is 11.0. The molecule has 0 aliphatic heterocycles. The van der Waals surface area contributed by atoms with E-state index in [1.165, 1.54) is 52.9 Å². The van der Waals surface area contributed by atoms with E-state index < -0.39 is 5.97 Å². The average molecular weight is 621 g/mol. The Hall–Kier alpha value is -4.13. The Labute approximate surface area is 266 Å². The Morgan fingerprint density at radius 1 is 0.909 bits per heavy atom. The zero-order valence-electron chi connectivity index (χ0n) is 25.0. The van der Waals surface area contributed by atoms with Crippen molar-refractivity contribution in [3.05, 3.63) is 118 Å². The zero-order valence-corrected chi connectivity index (χ0v) is 26.6. The predicted molar refractivity (Wildman–Crippen MR) is 182 cm³/mol. The molecule has 4 aromatic carbocycles. The molecule has 222 valence electrons. The average Bonchev–Trinajstić information content (AvgIpc) is 3.32. The number of allylic oxidation sites excluding steroid dienone is 1. The number of fused-ring (bicyclic) bond motifs is 3. The fourth-order valence-corrected chi connectivity index (χ4v) is 6.79. The minimum atomic E-state index is -0.578. The molecule has 0 bridgehead atoms. The second-order valence-corrected chi connectivity index (χ2v) is 12.5. The van der Waals surface area contributed by atoms with Crippen molar-refractivity contribution in [2.45, 2.75) is 51.5 Å². The second kappa shape index (κ2) is 12.8. The highest BCUT2D eigenvalue weighted by molar-refractivity contribution is 8.00. The number of carbonyl (C=O) groups excluding carboxylic acids is 2. The number of hydrogen-bond donors (Lipinski definition) is 0. The Kier molecular flexibility index (Phi) is 8.74. The number of carbonyl (C=O) groups is 2. The maximum atomic E-state index is 13.9. The van der Waals surface area contributed by atoms with Crippen LogP contribution < -0.4 is 0 Å². The van der Waals surface area contributed by atoms with Gasteiger partial charge in [-0.3, -0.25) is 4.79 Å². The van der Waals surface area contributed by atoms with Gasteiger partial charge >= 0.3 is 5.97 Å². The molecule has 1 aromatic heterocycles. The highest BCUT2D eigenvalue weighted by Crippen LogP contribution is 2.40. The molecular formula is C37H33ClN2O3S. The minimum Gasteiger partial charge on any atom is -0.341 e. The first-order valence-electron chi connectivity index (χ1n) is 14.9. The van der Waals surface area contributed by atoms with Gasteiger partial charge in [0.05, 0.1) is 0 Å². The van der Waals surface area contributed by atoms with E-state index in [1.807, 2.05) is 30.3 Å². The van der Waals surface area contributed by atoms with E-state index in [2.05, 4.69) is 66.0 Å². The zero-order chi connectivity index (χ0) is 30.8. The molecule has 5 nitrogen and oxygen atoms in total. The summed E-state index contributed by atoms with van der Waals surface area (Å²) in [5, 5.41) is 6.72. The summed E-state index contributed by atoms with van der Waals surface area (Å²) >= 11 is 7.46. The molecule has 7 heteroatoms.